The summed E-state index contributed by atoms with van der Waals surface area (Å²) in [5, 5.41) is 0. The van der Waals surface area contributed by atoms with Gasteiger partial charge in [0, 0.05) is 0 Å². The van der Waals surface area contributed by atoms with Crippen LogP contribution in [0, 0.1) is 0 Å². The van der Waals surface area contributed by atoms with Crippen LogP contribution in [0.15, 0.2) is 12.7 Å². The molecule has 0 aromatic carbocycles. The lowest BCUT2D eigenvalue weighted by molar-refractivity contribution is -0.157. The molecule has 0 aliphatic carbocycles. The maximum atomic E-state index is 11.3. The third-order valence-corrected chi connectivity index (χ3v) is 1.24. The standard InChI is InChI=1S/C10H19NO3/c1-5-6-13-7-8(11)9(12)14-10(2,3)4/h5,8H,1,6-7,11H2,2-4H3. The molecule has 0 rings (SSSR count). The largest absolute Gasteiger partial charge is 0.459 e. The Morgan fingerprint density at radius 2 is 2.14 bits per heavy atom. The van der Waals surface area contributed by atoms with Crippen molar-refractivity contribution in [3.8, 4) is 0 Å². The summed E-state index contributed by atoms with van der Waals surface area (Å²) in [6, 6.07) is -0.728. The summed E-state index contributed by atoms with van der Waals surface area (Å²) < 4.78 is 10.1. The van der Waals surface area contributed by atoms with Crippen LogP contribution in [0.25, 0.3) is 0 Å². The molecule has 1 unspecified atom stereocenters. The summed E-state index contributed by atoms with van der Waals surface area (Å²) in [6.07, 6.45) is 1.60. The van der Waals surface area contributed by atoms with Crippen LogP contribution >= 0.6 is 0 Å². The third kappa shape index (κ3) is 6.62. The number of carbonyl (C=O) groups is 1. The van der Waals surface area contributed by atoms with Gasteiger partial charge in [-0.3, -0.25) is 4.79 Å². The molecule has 82 valence electrons. The van der Waals surface area contributed by atoms with Crippen molar-refractivity contribution in [1.29, 1.82) is 0 Å². The predicted molar refractivity (Wildman–Crippen MR) is 54.8 cm³/mol. The van der Waals surface area contributed by atoms with Crippen molar-refractivity contribution in [3.05, 3.63) is 12.7 Å². The van der Waals surface area contributed by atoms with Crippen LogP contribution in [0.4, 0.5) is 0 Å². The van der Waals surface area contributed by atoms with Gasteiger partial charge in [0.1, 0.15) is 11.6 Å². The molecule has 0 saturated heterocycles. The van der Waals surface area contributed by atoms with Gasteiger partial charge < -0.3 is 15.2 Å². The van der Waals surface area contributed by atoms with Gasteiger partial charge in [0.25, 0.3) is 0 Å². The summed E-state index contributed by atoms with van der Waals surface area (Å²) in [5.74, 6) is -0.443. The van der Waals surface area contributed by atoms with E-state index in [9.17, 15) is 4.79 Å². The predicted octanol–water partition coefficient (Wildman–Crippen LogP) is 0.858. The van der Waals surface area contributed by atoms with E-state index in [1.54, 1.807) is 26.8 Å². The van der Waals surface area contributed by atoms with E-state index in [4.69, 9.17) is 15.2 Å². The molecule has 2 N–H and O–H groups in total. The average molecular weight is 201 g/mol. The van der Waals surface area contributed by atoms with Crippen LogP contribution in [0.1, 0.15) is 20.8 Å². The zero-order chi connectivity index (χ0) is 11.2. The third-order valence-electron chi connectivity index (χ3n) is 1.24. The summed E-state index contributed by atoms with van der Waals surface area (Å²) in [4.78, 5) is 11.3. The van der Waals surface area contributed by atoms with Crippen molar-refractivity contribution in [2.75, 3.05) is 13.2 Å². The van der Waals surface area contributed by atoms with Crippen LogP contribution in [-0.2, 0) is 14.3 Å². The van der Waals surface area contributed by atoms with E-state index in [2.05, 4.69) is 6.58 Å². The van der Waals surface area contributed by atoms with Gasteiger partial charge in [-0.15, -0.1) is 6.58 Å². The lowest BCUT2D eigenvalue weighted by atomic mass is 10.2. The van der Waals surface area contributed by atoms with Gasteiger partial charge in [-0.25, -0.2) is 0 Å². The molecule has 0 heterocycles. The average Bonchev–Trinajstić information content (AvgIpc) is 2.01. The second-order valence-corrected chi connectivity index (χ2v) is 3.97. The van der Waals surface area contributed by atoms with Crippen LogP contribution < -0.4 is 5.73 Å². The van der Waals surface area contributed by atoms with E-state index in [-0.39, 0.29) is 6.61 Å². The normalized spacial score (nSPS) is 13.4. The second kappa shape index (κ2) is 5.78. The quantitative estimate of drug-likeness (QED) is 0.407. The molecule has 0 aliphatic heterocycles. The first-order valence-corrected chi connectivity index (χ1v) is 4.54. The zero-order valence-electron chi connectivity index (χ0n) is 9.08. The SMILES string of the molecule is C=CCOCC(N)C(=O)OC(C)(C)C. The minimum atomic E-state index is -0.728. The zero-order valence-corrected chi connectivity index (χ0v) is 9.08. The molecule has 4 nitrogen and oxygen atoms in total. The lowest BCUT2D eigenvalue weighted by Gasteiger charge is -2.21. The molecule has 0 spiro atoms. The van der Waals surface area contributed by atoms with Crippen LogP contribution in [-0.4, -0.2) is 30.8 Å². The smallest absolute Gasteiger partial charge is 0.325 e. The first kappa shape index (κ1) is 13.1. The van der Waals surface area contributed by atoms with Crippen LogP contribution in [0.5, 0.6) is 0 Å². The highest BCUT2D eigenvalue weighted by Gasteiger charge is 2.21. The molecule has 0 fully saturated rings. The maximum Gasteiger partial charge on any atom is 0.325 e. The molecule has 0 radical (unpaired) electrons. The topological polar surface area (TPSA) is 61.5 Å². The van der Waals surface area contributed by atoms with E-state index in [0.29, 0.717) is 6.61 Å². The van der Waals surface area contributed by atoms with Crippen molar-refractivity contribution in [2.45, 2.75) is 32.4 Å². The molecule has 0 bridgehead atoms. The minimum Gasteiger partial charge on any atom is -0.459 e. The molecule has 14 heavy (non-hydrogen) atoms. The first-order valence-electron chi connectivity index (χ1n) is 4.54. The summed E-state index contributed by atoms with van der Waals surface area (Å²) >= 11 is 0. The number of hydrogen-bond donors (Lipinski definition) is 1. The van der Waals surface area contributed by atoms with Gasteiger partial charge in [0.2, 0.25) is 0 Å². The Balaban J connectivity index is 3.82. The Kier molecular flexibility index (Phi) is 5.42. The van der Waals surface area contributed by atoms with Gasteiger partial charge in [0.15, 0.2) is 0 Å². The molecule has 0 aliphatic rings. The summed E-state index contributed by atoms with van der Waals surface area (Å²) in [5.41, 5.74) is 5.02. The second-order valence-electron chi connectivity index (χ2n) is 3.97. The fraction of sp³-hybridized carbons (Fsp3) is 0.700. The highest BCUT2D eigenvalue weighted by Crippen LogP contribution is 2.07. The fourth-order valence-electron chi connectivity index (χ4n) is 0.724. The van der Waals surface area contributed by atoms with E-state index in [0.717, 1.165) is 0 Å². The Morgan fingerprint density at radius 3 is 2.57 bits per heavy atom. The molecular weight excluding hydrogens is 182 g/mol. The first-order chi connectivity index (χ1) is 6.37. The van der Waals surface area contributed by atoms with Gasteiger partial charge in [0.05, 0.1) is 13.2 Å². The van der Waals surface area contributed by atoms with Crippen molar-refractivity contribution in [3.63, 3.8) is 0 Å². The number of hydrogen-bond acceptors (Lipinski definition) is 4. The molecule has 4 heteroatoms. The van der Waals surface area contributed by atoms with Crippen molar-refractivity contribution in [1.82, 2.24) is 0 Å². The van der Waals surface area contributed by atoms with Gasteiger partial charge in [-0.1, -0.05) is 6.08 Å². The number of ether oxygens (including phenoxy) is 2. The number of esters is 1. The molecule has 1 atom stereocenters. The molecule has 0 aromatic rings. The van der Waals surface area contributed by atoms with E-state index in [1.807, 2.05) is 0 Å². The van der Waals surface area contributed by atoms with Gasteiger partial charge >= 0.3 is 5.97 Å². The van der Waals surface area contributed by atoms with Gasteiger partial charge in [-0.05, 0) is 20.8 Å². The van der Waals surface area contributed by atoms with Crippen molar-refractivity contribution in [2.24, 2.45) is 5.73 Å². The van der Waals surface area contributed by atoms with E-state index in [1.165, 1.54) is 0 Å². The van der Waals surface area contributed by atoms with Crippen LogP contribution in [0.2, 0.25) is 0 Å². The molecule has 0 amide bonds. The Labute approximate surface area is 85.1 Å². The van der Waals surface area contributed by atoms with Gasteiger partial charge in [-0.2, -0.15) is 0 Å². The minimum absolute atomic E-state index is 0.154. The van der Waals surface area contributed by atoms with Crippen molar-refractivity contribution < 1.29 is 14.3 Å². The Morgan fingerprint density at radius 1 is 1.57 bits per heavy atom. The maximum absolute atomic E-state index is 11.3. The monoisotopic (exact) mass is 201 g/mol. The summed E-state index contributed by atoms with van der Waals surface area (Å²) in [6.45, 7) is 9.40. The molecule has 0 saturated carbocycles. The number of rotatable bonds is 5. The molecular formula is C10H19NO3. The Bertz CT molecular complexity index is 196. The Hall–Kier alpha value is -0.870. The fourth-order valence-corrected chi connectivity index (χ4v) is 0.724. The number of nitrogens with two attached hydrogens (primary N) is 1. The summed E-state index contributed by atoms with van der Waals surface area (Å²) in [7, 11) is 0. The lowest BCUT2D eigenvalue weighted by Crippen LogP contribution is -2.40. The highest BCUT2D eigenvalue weighted by molar-refractivity contribution is 5.76. The molecule has 0 aromatic heterocycles. The van der Waals surface area contributed by atoms with Crippen molar-refractivity contribution >= 4 is 5.97 Å². The van der Waals surface area contributed by atoms with E-state index < -0.39 is 17.6 Å². The number of carbonyl (C=O) groups excluding carboxylic acids is 1. The van der Waals surface area contributed by atoms with Crippen LogP contribution in [0.3, 0.4) is 0 Å². The highest BCUT2D eigenvalue weighted by atomic mass is 16.6. The van der Waals surface area contributed by atoms with E-state index >= 15 is 0 Å².